The van der Waals surface area contributed by atoms with Crippen LogP contribution in [0.15, 0.2) is 41.2 Å². The lowest BCUT2D eigenvalue weighted by molar-refractivity contribution is -0.131. The molecule has 27 heavy (non-hydrogen) atoms. The summed E-state index contributed by atoms with van der Waals surface area (Å²) >= 11 is 1.55. The zero-order valence-corrected chi connectivity index (χ0v) is 16.0. The summed E-state index contributed by atoms with van der Waals surface area (Å²) in [5.41, 5.74) is 2.99. The van der Waals surface area contributed by atoms with Gasteiger partial charge in [-0.1, -0.05) is 12.1 Å². The number of nitrogens with zero attached hydrogens (tertiary/aromatic N) is 3. The van der Waals surface area contributed by atoms with Gasteiger partial charge in [-0.3, -0.25) is 9.59 Å². The number of aromatic nitrogens is 1. The number of benzene rings is 1. The summed E-state index contributed by atoms with van der Waals surface area (Å²) in [6.45, 7) is 2.08. The maximum Gasteiger partial charge on any atom is 0.258 e. The lowest BCUT2D eigenvalue weighted by Gasteiger charge is -2.43. The molecule has 6 heteroatoms. The van der Waals surface area contributed by atoms with Crippen LogP contribution >= 0.6 is 11.8 Å². The van der Waals surface area contributed by atoms with Crippen molar-refractivity contribution in [2.24, 2.45) is 5.92 Å². The highest BCUT2D eigenvalue weighted by Crippen LogP contribution is 2.36. The van der Waals surface area contributed by atoms with Crippen LogP contribution in [-0.4, -0.2) is 40.5 Å². The van der Waals surface area contributed by atoms with Crippen molar-refractivity contribution in [2.45, 2.75) is 18.9 Å². The van der Waals surface area contributed by atoms with E-state index in [0.717, 1.165) is 24.2 Å². The first-order valence-corrected chi connectivity index (χ1v) is 10.5. The Hall–Kier alpha value is -2.52. The highest BCUT2D eigenvalue weighted by Gasteiger charge is 2.36. The van der Waals surface area contributed by atoms with Gasteiger partial charge in [-0.15, -0.1) is 0 Å². The quantitative estimate of drug-likeness (QED) is 0.822. The van der Waals surface area contributed by atoms with Crippen molar-refractivity contribution < 1.29 is 4.79 Å². The minimum Gasteiger partial charge on any atom is -0.341 e. The van der Waals surface area contributed by atoms with Crippen molar-refractivity contribution in [3.05, 3.63) is 58.0 Å². The Bertz CT molecular complexity index is 992. The summed E-state index contributed by atoms with van der Waals surface area (Å²) in [6.07, 6.45) is 2.98. The third-order valence-corrected chi connectivity index (χ3v) is 6.06. The van der Waals surface area contributed by atoms with Crippen molar-refractivity contribution in [3.8, 4) is 17.2 Å². The molecule has 2 bridgehead atoms. The van der Waals surface area contributed by atoms with E-state index < -0.39 is 0 Å². The molecule has 0 saturated carbocycles. The topological polar surface area (TPSA) is 66.1 Å². The van der Waals surface area contributed by atoms with Gasteiger partial charge in [-0.2, -0.15) is 17.0 Å². The Balaban J connectivity index is 1.69. The van der Waals surface area contributed by atoms with Crippen LogP contribution in [0.2, 0.25) is 0 Å². The molecule has 2 atom stereocenters. The molecule has 1 aromatic heterocycles. The van der Waals surface area contributed by atoms with Gasteiger partial charge in [0, 0.05) is 36.8 Å². The van der Waals surface area contributed by atoms with E-state index in [0.29, 0.717) is 35.9 Å². The predicted octanol–water partition coefficient (Wildman–Crippen LogP) is 2.70. The van der Waals surface area contributed by atoms with Crippen molar-refractivity contribution in [3.63, 3.8) is 0 Å². The van der Waals surface area contributed by atoms with Gasteiger partial charge < -0.3 is 9.47 Å². The molecular weight excluding hydrogens is 358 g/mol. The Kier molecular flexibility index (Phi) is 4.79. The van der Waals surface area contributed by atoms with Crippen molar-refractivity contribution in [1.82, 2.24) is 9.47 Å². The first kappa shape index (κ1) is 17.9. The Morgan fingerprint density at radius 3 is 2.89 bits per heavy atom. The molecule has 0 aliphatic carbocycles. The second-order valence-corrected chi connectivity index (χ2v) is 8.18. The largest absolute Gasteiger partial charge is 0.341 e. The van der Waals surface area contributed by atoms with Crippen LogP contribution in [0.4, 0.5) is 0 Å². The fraction of sp³-hybridized carbons (Fsp3) is 0.381. The highest BCUT2D eigenvalue weighted by molar-refractivity contribution is 7.99. The number of likely N-dealkylation sites (tertiary alicyclic amines) is 1. The lowest BCUT2D eigenvalue weighted by atomic mass is 9.82. The second kappa shape index (κ2) is 7.24. The molecule has 3 heterocycles. The number of fused-ring (bicyclic) bond motifs is 4. The fourth-order valence-electron chi connectivity index (χ4n) is 4.34. The number of piperidine rings is 1. The average Bonchev–Trinajstić information content (AvgIpc) is 2.69. The maximum atomic E-state index is 13.2. The van der Waals surface area contributed by atoms with Gasteiger partial charge in [0.2, 0.25) is 5.91 Å². The molecule has 1 aromatic carbocycles. The van der Waals surface area contributed by atoms with Gasteiger partial charge in [0.05, 0.1) is 17.4 Å². The summed E-state index contributed by atoms with van der Waals surface area (Å²) in [4.78, 5) is 27.4. The Morgan fingerprint density at radius 2 is 2.11 bits per heavy atom. The molecule has 0 unspecified atom stereocenters. The second-order valence-electron chi connectivity index (χ2n) is 7.31. The molecule has 0 spiro atoms. The van der Waals surface area contributed by atoms with Crippen molar-refractivity contribution in [1.29, 1.82) is 5.26 Å². The van der Waals surface area contributed by atoms with Crippen LogP contribution in [-0.2, 0) is 11.3 Å². The molecule has 5 nitrogen and oxygen atoms in total. The molecule has 138 valence electrons. The van der Waals surface area contributed by atoms with E-state index in [-0.39, 0.29) is 17.4 Å². The summed E-state index contributed by atoms with van der Waals surface area (Å²) in [7, 11) is 0. The first-order valence-electron chi connectivity index (χ1n) is 9.11. The van der Waals surface area contributed by atoms with E-state index in [9.17, 15) is 9.59 Å². The summed E-state index contributed by atoms with van der Waals surface area (Å²) in [5.74, 6) is 1.24. The van der Waals surface area contributed by atoms with Crippen LogP contribution in [0, 0.1) is 17.2 Å². The number of thioether (sulfide) groups is 1. The molecule has 2 aromatic rings. The highest BCUT2D eigenvalue weighted by atomic mass is 32.2. The number of hydrogen-bond acceptors (Lipinski definition) is 4. The summed E-state index contributed by atoms with van der Waals surface area (Å²) in [6, 6.07) is 13.2. The van der Waals surface area contributed by atoms with Gasteiger partial charge in [-0.25, -0.2) is 0 Å². The molecule has 4 rings (SSSR count). The third-order valence-electron chi connectivity index (χ3n) is 5.53. The lowest BCUT2D eigenvalue weighted by Crippen LogP contribution is -2.49. The first-order chi connectivity index (χ1) is 13.1. The normalized spacial score (nSPS) is 20.7. The van der Waals surface area contributed by atoms with Crippen LogP contribution in [0.5, 0.6) is 0 Å². The SMILES string of the molecule is CSCC(=O)N1C[C@H]2C[C@H](C1)c1ccc(-c3cccc(C#N)c3)c(=O)n1C2. The minimum absolute atomic E-state index is 0.00109. The number of amides is 1. The molecule has 1 fully saturated rings. The molecule has 2 aliphatic rings. The number of nitriles is 1. The molecular formula is C21H21N3O2S. The molecule has 1 saturated heterocycles. The zero-order chi connectivity index (χ0) is 19.0. The van der Waals surface area contributed by atoms with Crippen LogP contribution in [0.3, 0.4) is 0 Å². The standard InChI is InChI=1S/C21H21N3O2S/c1-27-13-20(25)23-10-15-8-17(12-23)19-6-5-18(21(26)24(19)11-15)16-4-2-3-14(7-16)9-22/h2-7,15,17H,8,10-13H2,1H3/t15-,17-/m1/s1. The monoisotopic (exact) mass is 379 g/mol. The zero-order valence-electron chi connectivity index (χ0n) is 15.2. The maximum absolute atomic E-state index is 13.2. The molecule has 0 N–H and O–H groups in total. The van der Waals surface area contributed by atoms with E-state index in [1.165, 1.54) is 0 Å². The predicted molar refractivity (Wildman–Crippen MR) is 107 cm³/mol. The Labute approximate surface area is 162 Å². The van der Waals surface area contributed by atoms with Gasteiger partial charge in [0.15, 0.2) is 0 Å². The van der Waals surface area contributed by atoms with Crippen LogP contribution in [0.1, 0.15) is 23.6 Å². The number of hydrogen-bond donors (Lipinski definition) is 0. The minimum atomic E-state index is 0.00109. The van der Waals surface area contributed by atoms with Gasteiger partial charge in [0.1, 0.15) is 0 Å². The van der Waals surface area contributed by atoms with E-state index in [2.05, 4.69) is 6.07 Å². The van der Waals surface area contributed by atoms with E-state index in [1.54, 1.807) is 30.0 Å². The Morgan fingerprint density at radius 1 is 1.26 bits per heavy atom. The van der Waals surface area contributed by atoms with Crippen molar-refractivity contribution >= 4 is 17.7 Å². The summed E-state index contributed by atoms with van der Waals surface area (Å²) < 4.78 is 1.89. The fourth-order valence-corrected chi connectivity index (χ4v) is 4.77. The van der Waals surface area contributed by atoms with E-state index >= 15 is 0 Å². The number of rotatable bonds is 3. The van der Waals surface area contributed by atoms with E-state index in [1.807, 2.05) is 33.9 Å². The van der Waals surface area contributed by atoms with Crippen LogP contribution < -0.4 is 5.56 Å². The number of carbonyl (C=O) groups is 1. The van der Waals surface area contributed by atoms with Gasteiger partial charge in [-0.05, 0) is 48.4 Å². The number of carbonyl (C=O) groups excluding carboxylic acids is 1. The third kappa shape index (κ3) is 3.28. The van der Waals surface area contributed by atoms with Gasteiger partial charge >= 0.3 is 0 Å². The smallest absolute Gasteiger partial charge is 0.258 e. The average molecular weight is 379 g/mol. The molecule has 1 amide bonds. The van der Waals surface area contributed by atoms with Crippen molar-refractivity contribution in [2.75, 3.05) is 25.1 Å². The number of pyridine rings is 1. The van der Waals surface area contributed by atoms with E-state index in [4.69, 9.17) is 5.26 Å². The van der Waals surface area contributed by atoms with Crippen LogP contribution in [0.25, 0.3) is 11.1 Å². The summed E-state index contributed by atoms with van der Waals surface area (Å²) in [5, 5.41) is 9.12. The van der Waals surface area contributed by atoms with Gasteiger partial charge in [0.25, 0.3) is 5.56 Å². The molecule has 2 aliphatic heterocycles. The molecule has 0 radical (unpaired) electrons.